The fourth-order valence-corrected chi connectivity index (χ4v) is 4.29. The molecule has 13 heteroatoms. The second-order valence-corrected chi connectivity index (χ2v) is 8.43. The summed E-state index contributed by atoms with van der Waals surface area (Å²) in [5.41, 5.74) is -0.126. The lowest BCUT2D eigenvalue weighted by atomic mass is 10.1. The Bertz CT molecular complexity index is 1260. The molecule has 1 heterocycles. The summed E-state index contributed by atoms with van der Waals surface area (Å²) in [7, 11) is -9.43. The van der Waals surface area contributed by atoms with Crippen LogP contribution >= 0.6 is 11.6 Å². The number of halogens is 1. The predicted octanol–water partition coefficient (Wildman–Crippen LogP) is 2.22. The van der Waals surface area contributed by atoms with Gasteiger partial charge in [-0.3, -0.25) is 9.11 Å². The highest BCUT2D eigenvalue weighted by atomic mass is 35.5. The van der Waals surface area contributed by atoms with Crippen LogP contribution in [0.1, 0.15) is 5.82 Å². The van der Waals surface area contributed by atoms with Gasteiger partial charge in [-0.1, -0.05) is 18.2 Å². The lowest BCUT2D eigenvalue weighted by Crippen LogP contribution is -2.08. The predicted molar refractivity (Wildman–Crippen MR) is 96.4 cm³/mol. The molecule has 3 rings (SSSR count). The Labute approximate surface area is 158 Å². The van der Waals surface area contributed by atoms with E-state index < -0.39 is 30.0 Å². The molecule has 3 N–H and O–H groups in total. The standard InChI is InChI=1S/C14H11ClN4O6S2/c1-7-16-13(15)19-14(17-7)18-10-6-5-8-9(12(10)27(23,24)25)3-2-4-11(8)26(20,21)22/h2-6H,1H3,(H,20,21,22)(H,23,24,25)(H,16,17,18,19). The third-order valence-corrected chi connectivity index (χ3v) is 5.51. The summed E-state index contributed by atoms with van der Waals surface area (Å²) < 4.78 is 66.1. The van der Waals surface area contributed by atoms with Gasteiger partial charge in [-0.25, -0.2) is 4.98 Å². The maximum atomic E-state index is 12.0. The first-order valence-electron chi connectivity index (χ1n) is 7.13. The molecule has 0 saturated heterocycles. The van der Waals surface area contributed by atoms with E-state index in [1.54, 1.807) is 6.92 Å². The number of aryl methyl sites for hydroxylation is 1. The number of hydrogen-bond acceptors (Lipinski definition) is 8. The first-order chi connectivity index (χ1) is 12.5. The second kappa shape index (κ2) is 6.65. The van der Waals surface area contributed by atoms with E-state index in [-0.39, 0.29) is 33.5 Å². The lowest BCUT2D eigenvalue weighted by Gasteiger charge is -2.13. The summed E-state index contributed by atoms with van der Waals surface area (Å²) in [5, 5.41) is 2.26. The molecule has 0 radical (unpaired) electrons. The molecule has 0 unspecified atom stereocenters. The average Bonchev–Trinajstić information content (AvgIpc) is 2.50. The summed E-state index contributed by atoms with van der Waals surface area (Å²) in [6.07, 6.45) is 0. The topological polar surface area (TPSA) is 159 Å². The molecule has 0 atom stereocenters. The molecule has 142 valence electrons. The Hall–Kier alpha value is -2.38. The molecule has 0 aliphatic rings. The highest BCUT2D eigenvalue weighted by molar-refractivity contribution is 7.86. The van der Waals surface area contributed by atoms with Crippen molar-refractivity contribution in [3.63, 3.8) is 0 Å². The van der Waals surface area contributed by atoms with Crippen molar-refractivity contribution in [3.05, 3.63) is 41.4 Å². The largest absolute Gasteiger partial charge is 0.323 e. The first kappa shape index (κ1) is 19.4. The third-order valence-electron chi connectivity index (χ3n) is 3.47. The van der Waals surface area contributed by atoms with Crippen molar-refractivity contribution in [1.82, 2.24) is 15.0 Å². The van der Waals surface area contributed by atoms with Crippen molar-refractivity contribution < 1.29 is 25.9 Å². The maximum Gasteiger partial charge on any atom is 0.297 e. The Kier molecular flexibility index (Phi) is 4.78. The van der Waals surface area contributed by atoms with E-state index in [9.17, 15) is 25.9 Å². The number of rotatable bonds is 4. The summed E-state index contributed by atoms with van der Waals surface area (Å²) in [4.78, 5) is 10.4. The number of nitrogens with zero attached hydrogens (tertiary/aromatic N) is 3. The van der Waals surface area contributed by atoms with Gasteiger partial charge in [0.25, 0.3) is 20.2 Å². The molecule has 0 amide bonds. The van der Waals surface area contributed by atoms with Gasteiger partial charge < -0.3 is 5.32 Å². The summed E-state index contributed by atoms with van der Waals surface area (Å²) in [6.45, 7) is 1.54. The fourth-order valence-electron chi connectivity index (χ4n) is 2.53. The summed E-state index contributed by atoms with van der Waals surface area (Å²) >= 11 is 5.75. The van der Waals surface area contributed by atoms with Crippen LogP contribution in [-0.2, 0) is 20.2 Å². The Morgan fingerprint density at radius 3 is 2.22 bits per heavy atom. The maximum absolute atomic E-state index is 12.0. The minimum Gasteiger partial charge on any atom is -0.323 e. The fraction of sp³-hybridized carbons (Fsp3) is 0.0714. The van der Waals surface area contributed by atoms with E-state index in [0.717, 1.165) is 6.07 Å². The normalized spacial score (nSPS) is 12.3. The van der Waals surface area contributed by atoms with Gasteiger partial charge in [0.1, 0.15) is 15.6 Å². The molecule has 2 aromatic carbocycles. The third kappa shape index (κ3) is 3.99. The zero-order valence-electron chi connectivity index (χ0n) is 13.5. The molecular formula is C14H11ClN4O6S2. The zero-order chi connectivity index (χ0) is 20.0. The van der Waals surface area contributed by atoms with Crippen molar-refractivity contribution in [2.45, 2.75) is 16.7 Å². The van der Waals surface area contributed by atoms with E-state index >= 15 is 0 Å². The van der Waals surface area contributed by atoms with Crippen molar-refractivity contribution in [3.8, 4) is 0 Å². The van der Waals surface area contributed by atoms with Crippen LogP contribution in [0.3, 0.4) is 0 Å². The summed E-state index contributed by atoms with van der Waals surface area (Å²) in [6, 6.07) is 6.09. The van der Waals surface area contributed by atoms with Crippen molar-refractivity contribution in [2.75, 3.05) is 5.32 Å². The molecule has 3 aromatic rings. The van der Waals surface area contributed by atoms with Crippen molar-refractivity contribution in [1.29, 1.82) is 0 Å². The van der Waals surface area contributed by atoms with Crippen LogP contribution in [0.5, 0.6) is 0 Å². The molecule has 0 aliphatic carbocycles. The van der Waals surface area contributed by atoms with Gasteiger partial charge in [-0.2, -0.15) is 26.8 Å². The minimum atomic E-state index is -4.81. The van der Waals surface area contributed by atoms with Crippen molar-refractivity contribution >= 4 is 54.2 Å². The molecule has 27 heavy (non-hydrogen) atoms. The van der Waals surface area contributed by atoms with E-state index in [2.05, 4.69) is 20.3 Å². The smallest absolute Gasteiger partial charge is 0.297 e. The monoisotopic (exact) mass is 430 g/mol. The molecular weight excluding hydrogens is 420 g/mol. The van der Waals surface area contributed by atoms with Crippen LogP contribution < -0.4 is 5.32 Å². The molecule has 0 fully saturated rings. The number of fused-ring (bicyclic) bond motifs is 1. The molecule has 10 nitrogen and oxygen atoms in total. The molecule has 0 spiro atoms. The van der Waals surface area contributed by atoms with Gasteiger partial charge in [0.2, 0.25) is 11.2 Å². The highest BCUT2D eigenvalue weighted by Gasteiger charge is 2.24. The Balaban J connectivity index is 2.31. The number of benzene rings is 2. The van der Waals surface area contributed by atoms with Crippen LogP contribution in [-0.4, -0.2) is 40.9 Å². The number of nitrogens with one attached hydrogen (secondary N) is 1. The van der Waals surface area contributed by atoms with Gasteiger partial charge in [0.05, 0.1) is 5.69 Å². The van der Waals surface area contributed by atoms with E-state index in [4.69, 9.17) is 11.6 Å². The quantitative estimate of drug-likeness (QED) is 0.523. The first-order valence-corrected chi connectivity index (χ1v) is 10.4. The van der Waals surface area contributed by atoms with Gasteiger partial charge in [-0.15, -0.1) is 0 Å². The number of anilines is 2. The van der Waals surface area contributed by atoms with Gasteiger partial charge >= 0.3 is 0 Å². The van der Waals surface area contributed by atoms with Gasteiger partial charge in [-0.05, 0) is 30.7 Å². The van der Waals surface area contributed by atoms with Gasteiger partial charge in [0.15, 0.2) is 0 Å². The highest BCUT2D eigenvalue weighted by Crippen LogP contribution is 2.34. The Morgan fingerprint density at radius 2 is 1.63 bits per heavy atom. The van der Waals surface area contributed by atoms with Crippen LogP contribution in [0.15, 0.2) is 40.1 Å². The molecule has 1 aromatic heterocycles. The van der Waals surface area contributed by atoms with Crippen molar-refractivity contribution in [2.24, 2.45) is 0 Å². The molecule has 0 aliphatic heterocycles. The van der Waals surface area contributed by atoms with Crippen LogP contribution in [0.4, 0.5) is 11.6 Å². The number of aromatic nitrogens is 3. The Morgan fingerprint density at radius 1 is 0.926 bits per heavy atom. The SMILES string of the molecule is Cc1nc(Cl)nc(Nc2ccc3c(S(=O)(=O)O)cccc3c2S(=O)(=O)O)n1. The molecule has 0 saturated carbocycles. The second-order valence-electron chi connectivity index (χ2n) is 5.34. The van der Waals surface area contributed by atoms with Gasteiger partial charge in [0, 0.05) is 10.8 Å². The molecule has 0 bridgehead atoms. The number of hydrogen-bond donors (Lipinski definition) is 3. The lowest BCUT2D eigenvalue weighted by molar-refractivity contribution is 0.481. The van der Waals surface area contributed by atoms with Crippen LogP contribution in [0.25, 0.3) is 10.8 Å². The van der Waals surface area contributed by atoms with E-state index in [1.165, 1.54) is 24.3 Å². The van der Waals surface area contributed by atoms with Crippen LogP contribution in [0.2, 0.25) is 5.28 Å². The van der Waals surface area contributed by atoms with E-state index in [0.29, 0.717) is 0 Å². The average molecular weight is 431 g/mol. The minimum absolute atomic E-state index is 0.0808. The summed E-state index contributed by atoms with van der Waals surface area (Å²) in [5.74, 6) is 0.183. The van der Waals surface area contributed by atoms with Crippen LogP contribution in [0, 0.1) is 6.92 Å². The zero-order valence-corrected chi connectivity index (χ0v) is 15.8. The van der Waals surface area contributed by atoms with E-state index in [1.807, 2.05) is 0 Å².